The van der Waals surface area contributed by atoms with Crippen LogP contribution in [0.5, 0.6) is 0 Å². The second-order valence-corrected chi connectivity index (χ2v) is 4.68. The van der Waals surface area contributed by atoms with Crippen molar-refractivity contribution in [2.75, 3.05) is 11.2 Å². The molecule has 1 aromatic carbocycles. The van der Waals surface area contributed by atoms with Crippen molar-refractivity contribution in [3.8, 4) is 0 Å². The van der Waals surface area contributed by atoms with E-state index in [1.807, 2.05) is 18.2 Å². The maximum absolute atomic E-state index is 5.62. The van der Waals surface area contributed by atoms with Gasteiger partial charge in [0.25, 0.3) is 0 Å². The van der Waals surface area contributed by atoms with Gasteiger partial charge in [0.1, 0.15) is 0 Å². The van der Waals surface area contributed by atoms with E-state index >= 15 is 0 Å². The molecular formula is C13H16ClN3O. The summed E-state index contributed by atoms with van der Waals surface area (Å²) in [6.45, 7) is 4.29. The van der Waals surface area contributed by atoms with Crippen LogP contribution in [0.2, 0.25) is 0 Å². The van der Waals surface area contributed by atoms with Gasteiger partial charge in [-0.1, -0.05) is 37.1 Å². The van der Waals surface area contributed by atoms with Crippen LogP contribution in [0.1, 0.15) is 31.2 Å². The fourth-order valence-electron chi connectivity index (χ4n) is 1.72. The molecule has 0 saturated heterocycles. The molecule has 1 heterocycles. The Hall–Kier alpha value is -1.55. The van der Waals surface area contributed by atoms with Gasteiger partial charge in [0.15, 0.2) is 0 Å². The zero-order valence-electron chi connectivity index (χ0n) is 10.5. The van der Waals surface area contributed by atoms with Crippen LogP contribution in [-0.4, -0.2) is 16.1 Å². The van der Waals surface area contributed by atoms with E-state index < -0.39 is 0 Å². The van der Waals surface area contributed by atoms with Crippen molar-refractivity contribution in [2.45, 2.75) is 26.2 Å². The quantitative estimate of drug-likeness (QED) is 0.837. The van der Waals surface area contributed by atoms with Crippen molar-refractivity contribution in [3.05, 3.63) is 35.7 Å². The molecule has 1 aromatic heterocycles. The number of benzene rings is 1. The molecule has 2 rings (SSSR count). The summed E-state index contributed by atoms with van der Waals surface area (Å²) in [5.41, 5.74) is 2.21. The molecule has 1 N–H and O–H groups in total. The second-order valence-electron chi connectivity index (χ2n) is 4.31. The molecule has 0 aliphatic heterocycles. The molecule has 0 fully saturated rings. The second kappa shape index (κ2) is 5.87. The molecule has 2 aromatic rings. The summed E-state index contributed by atoms with van der Waals surface area (Å²) >= 11 is 5.62. The molecule has 96 valence electrons. The normalized spacial score (nSPS) is 10.9. The van der Waals surface area contributed by atoms with Crippen LogP contribution in [0, 0.1) is 0 Å². The summed E-state index contributed by atoms with van der Waals surface area (Å²) in [6, 6.07) is 8.49. The van der Waals surface area contributed by atoms with Crippen molar-refractivity contribution in [1.82, 2.24) is 10.2 Å². The minimum atomic E-state index is 0.406. The predicted molar refractivity (Wildman–Crippen MR) is 72.5 cm³/mol. The molecule has 0 bridgehead atoms. The van der Waals surface area contributed by atoms with Crippen LogP contribution in [0.25, 0.3) is 0 Å². The van der Waals surface area contributed by atoms with Gasteiger partial charge in [0.05, 0.1) is 0 Å². The molecule has 0 radical (unpaired) electrons. The van der Waals surface area contributed by atoms with Gasteiger partial charge in [-0.2, -0.15) is 0 Å². The first-order valence-corrected chi connectivity index (χ1v) is 6.48. The monoisotopic (exact) mass is 265 g/mol. The Labute approximate surface area is 111 Å². The van der Waals surface area contributed by atoms with Crippen LogP contribution >= 0.6 is 11.6 Å². The van der Waals surface area contributed by atoms with Gasteiger partial charge in [-0.05, 0) is 17.5 Å². The Bertz CT molecular complexity index is 510. The van der Waals surface area contributed by atoms with Crippen molar-refractivity contribution in [3.63, 3.8) is 0 Å². The van der Waals surface area contributed by atoms with Crippen molar-refractivity contribution < 1.29 is 4.42 Å². The van der Waals surface area contributed by atoms with E-state index in [4.69, 9.17) is 16.0 Å². The van der Waals surface area contributed by atoms with E-state index in [2.05, 4.69) is 35.4 Å². The molecule has 0 aliphatic carbocycles. The SMILES string of the molecule is CC(C)c1ccccc1Nc1nnc(CCCl)o1. The molecule has 0 aliphatic rings. The van der Waals surface area contributed by atoms with Gasteiger partial charge in [-0.15, -0.1) is 16.7 Å². The molecule has 4 nitrogen and oxygen atoms in total. The van der Waals surface area contributed by atoms with Crippen LogP contribution in [0.4, 0.5) is 11.7 Å². The topological polar surface area (TPSA) is 51.0 Å². The van der Waals surface area contributed by atoms with Gasteiger partial charge in [0, 0.05) is 18.0 Å². The molecular weight excluding hydrogens is 250 g/mol. The van der Waals surface area contributed by atoms with Crippen molar-refractivity contribution in [2.24, 2.45) is 0 Å². The van der Waals surface area contributed by atoms with Gasteiger partial charge in [-0.3, -0.25) is 0 Å². The Kier molecular flexibility index (Phi) is 4.20. The zero-order chi connectivity index (χ0) is 13.0. The molecule has 0 atom stereocenters. The number of hydrogen-bond donors (Lipinski definition) is 1. The number of aromatic nitrogens is 2. The molecule has 0 unspecified atom stereocenters. The Morgan fingerprint density at radius 2 is 2.06 bits per heavy atom. The smallest absolute Gasteiger partial charge is 0.320 e. The molecule has 5 heteroatoms. The van der Waals surface area contributed by atoms with Crippen molar-refractivity contribution >= 4 is 23.3 Å². The van der Waals surface area contributed by atoms with Gasteiger partial charge in [-0.25, -0.2) is 0 Å². The molecule has 18 heavy (non-hydrogen) atoms. The number of nitrogens with one attached hydrogen (secondary N) is 1. The summed E-state index contributed by atoms with van der Waals surface area (Å²) in [4.78, 5) is 0. The lowest BCUT2D eigenvalue weighted by molar-refractivity contribution is 0.516. The van der Waals surface area contributed by atoms with E-state index in [9.17, 15) is 0 Å². The Balaban J connectivity index is 2.17. The summed E-state index contributed by atoms with van der Waals surface area (Å²) in [7, 11) is 0. The zero-order valence-corrected chi connectivity index (χ0v) is 11.2. The largest absolute Gasteiger partial charge is 0.408 e. The number of aryl methyl sites for hydroxylation is 1. The molecule has 0 spiro atoms. The average molecular weight is 266 g/mol. The number of anilines is 2. The highest BCUT2D eigenvalue weighted by Crippen LogP contribution is 2.26. The fraction of sp³-hybridized carbons (Fsp3) is 0.385. The first-order valence-electron chi connectivity index (χ1n) is 5.95. The van der Waals surface area contributed by atoms with Gasteiger partial charge < -0.3 is 9.73 Å². The van der Waals surface area contributed by atoms with E-state index in [0.29, 0.717) is 30.1 Å². The average Bonchev–Trinajstić information content (AvgIpc) is 2.77. The maximum Gasteiger partial charge on any atom is 0.320 e. The van der Waals surface area contributed by atoms with E-state index in [1.54, 1.807) is 0 Å². The van der Waals surface area contributed by atoms with E-state index in [1.165, 1.54) is 5.56 Å². The minimum absolute atomic E-state index is 0.406. The highest BCUT2D eigenvalue weighted by atomic mass is 35.5. The number of halogens is 1. The Morgan fingerprint density at radius 1 is 1.28 bits per heavy atom. The minimum Gasteiger partial charge on any atom is -0.408 e. The number of nitrogens with zero attached hydrogens (tertiary/aromatic N) is 2. The lowest BCUT2D eigenvalue weighted by Crippen LogP contribution is -1.97. The third kappa shape index (κ3) is 3.01. The number of hydrogen-bond acceptors (Lipinski definition) is 4. The predicted octanol–water partition coefficient (Wildman–Crippen LogP) is 3.72. The lowest BCUT2D eigenvalue weighted by atomic mass is 10.0. The van der Waals surface area contributed by atoms with Crippen LogP contribution in [0.3, 0.4) is 0 Å². The summed E-state index contributed by atoms with van der Waals surface area (Å²) in [5.74, 6) is 1.46. The van der Waals surface area contributed by atoms with Crippen LogP contribution in [0.15, 0.2) is 28.7 Å². The van der Waals surface area contributed by atoms with Gasteiger partial charge >= 0.3 is 6.01 Å². The van der Waals surface area contributed by atoms with E-state index in [0.717, 1.165) is 5.69 Å². The number of para-hydroxylation sites is 1. The highest BCUT2D eigenvalue weighted by Gasteiger charge is 2.09. The standard InChI is InChI=1S/C13H16ClN3O/c1-9(2)10-5-3-4-6-11(10)15-13-17-16-12(18-13)7-8-14/h3-6,9H,7-8H2,1-2H3,(H,15,17). The maximum atomic E-state index is 5.62. The van der Waals surface area contributed by atoms with E-state index in [-0.39, 0.29) is 0 Å². The number of rotatable bonds is 5. The molecule has 0 amide bonds. The first-order chi connectivity index (χ1) is 8.70. The third-order valence-corrected chi connectivity index (χ3v) is 2.79. The first kappa shape index (κ1) is 12.9. The highest BCUT2D eigenvalue weighted by molar-refractivity contribution is 6.17. The summed E-state index contributed by atoms with van der Waals surface area (Å²) in [5, 5.41) is 11.0. The Morgan fingerprint density at radius 3 is 2.78 bits per heavy atom. The lowest BCUT2D eigenvalue weighted by Gasteiger charge is -2.11. The van der Waals surface area contributed by atoms with Crippen molar-refractivity contribution in [1.29, 1.82) is 0 Å². The number of alkyl halides is 1. The van der Waals surface area contributed by atoms with Crippen LogP contribution in [-0.2, 0) is 6.42 Å². The van der Waals surface area contributed by atoms with Crippen LogP contribution < -0.4 is 5.32 Å². The summed E-state index contributed by atoms with van der Waals surface area (Å²) in [6.07, 6.45) is 0.585. The summed E-state index contributed by atoms with van der Waals surface area (Å²) < 4.78 is 5.44. The fourth-order valence-corrected chi connectivity index (χ4v) is 1.88. The third-order valence-electron chi connectivity index (χ3n) is 2.60. The van der Waals surface area contributed by atoms with Gasteiger partial charge in [0.2, 0.25) is 5.89 Å². The molecule has 0 saturated carbocycles.